The predicted molar refractivity (Wildman–Crippen MR) is 59.4 cm³/mol. The van der Waals surface area contributed by atoms with Crippen LogP contribution in [0, 0.1) is 12.7 Å². The number of benzene rings is 1. The number of pyridine rings is 1. The summed E-state index contributed by atoms with van der Waals surface area (Å²) in [6.07, 6.45) is 1.14. The minimum absolute atomic E-state index is 0.298. The zero-order valence-electron chi connectivity index (χ0n) is 8.17. The third kappa shape index (κ3) is 2.16. The first-order valence-corrected chi connectivity index (χ1v) is 4.93. The van der Waals surface area contributed by atoms with Gasteiger partial charge in [0.05, 0.1) is 6.20 Å². The van der Waals surface area contributed by atoms with Crippen molar-refractivity contribution in [3.8, 4) is 11.1 Å². The van der Waals surface area contributed by atoms with Crippen LogP contribution in [0.2, 0.25) is 5.15 Å². The van der Waals surface area contributed by atoms with Crippen LogP contribution >= 0.6 is 11.6 Å². The average Bonchev–Trinajstić information content (AvgIpc) is 2.23. The molecule has 0 saturated heterocycles. The molecule has 2 aromatic rings. The van der Waals surface area contributed by atoms with Crippen LogP contribution in [0.3, 0.4) is 0 Å². The Hall–Kier alpha value is -1.41. The molecule has 0 fully saturated rings. The monoisotopic (exact) mass is 221 g/mol. The fraction of sp³-hybridized carbons (Fsp3) is 0.0833. The van der Waals surface area contributed by atoms with E-state index in [0.717, 1.165) is 17.3 Å². The van der Waals surface area contributed by atoms with Crippen LogP contribution in [-0.2, 0) is 0 Å². The fourth-order valence-corrected chi connectivity index (χ4v) is 1.53. The van der Waals surface area contributed by atoms with Gasteiger partial charge in [-0.05, 0) is 18.6 Å². The van der Waals surface area contributed by atoms with Crippen molar-refractivity contribution in [3.05, 3.63) is 53.1 Å². The van der Waals surface area contributed by atoms with Gasteiger partial charge in [-0.2, -0.15) is 0 Å². The molecule has 0 radical (unpaired) electrons. The van der Waals surface area contributed by atoms with Crippen LogP contribution < -0.4 is 0 Å². The Bertz CT molecular complexity index is 479. The summed E-state index contributed by atoms with van der Waals surface area (Å²) in [4.78, 5) is 3.67. The van der Waals surface area contributed by atoms with E-state index in [1.165, 1.54) is 6.07 Å². The molecule has 0 atom stereocenters. The Balaban J connectivity index is 2.53. The van der Waals surface area contributed by atoms with E-state index in [1.54, 1.807) is 0 Å². The molecule has 1 aromatic carbocycles. The van der Waals surface area contributed by atoms with Crippen LogP contribution in [0.1, 0.15) is 5.56 Å². The van der Waals surface area contributed by atoms with Crippen molar-refractivity contribution >= 4 is 11.6 Å². The minimum atomic E-state index is -0.358. The smallest absolute Gasteiger partial charge is 0.149 e. The zero-order chi connectivity index (χ0) is 10.8. The molecule has 0 N–H and O–H groups in total. The summed E-state index contributed by atoms with van der Waals surface area (Å²) >= 11 is 5.72. The van der Waals surface area contributed by atoms with Gasteiger partial charge in [-0.25, -0.2) is 9.37 Å². The number of halogens is 2. The Morgan fingerprint density at radius 2 is 1.87 bits per heavy atom. The van der Waals surface area contributed by atoms with Crippen LogP contribution in [-0.4, -0.2) is 4.98 Å². The normalized spacial score (nSPS) is 10.3. The first-order valence-electron chi connectivity index (χ1n) is 4.55. The third-order valence-electron chi connectivity index (χ3n) is 2.18. The topological polar surface area (TPSA) is 12.9 Å². The molecule has 0 spiro atoms. The summed E-state index contributed by atoms with van der Waals surface area (Å²) in [5.74, 6) is -0.358. The summed E-state index contributed by atoms with van der Waals surface area (Å²) in [6.45, 7) is 1.99. The summed E-state index contributed by atoms with van der Waals surface area (Å²) < 4.78 is 13.4. The maximum absolute atomic E-state index is 13.4. The SMILES string of the molecule is Cc1ccc(-c2cc(Cl)ncc2F)cc1. The average molecular weight is 222 g/mol. The van der Waals surface area contributed by atoms with Crippen molar-refractivity contribution in [3.63, 3.8) is 0 Å². The molecule has 3 heteroatoms. The van der Waals surface area contributed by atoms with Crippen molar-refractivity contribution in [1.29, 1.82) is 0 Å². The standard InChI is InChI=1S/C12H9ClFN/c1-8-2-4-9(5-3-8)10-6-12(13)15-7-11(10)14/h2-7H,1H3. The van der Waals surface area contributed by atoms with Gasteiger partial charge < -0.3 is 0 Å². The van der Waals surface area contributed by atoms with E-state index in [4.69, 9.17) is 11.6 Å². The number of hydrogen-bond donors (Lipinski definition) is 0. The molecule has 15 heavy (non-hydrogen) atoms. The summed E-state index contributed by atoms with van der Waals surface area (Å²) in [6, 6.07) is 9.13. The van der Waals surface area contributed by atoms with E-state index in [1.807, 2.05) is 31.2 Å². The van der Waals surface area contributed by atoms with Crippen molar-refractivity contribution in [1.82, 2.24) is 4.98 Å². The lowest BCUT2D eigenvalue weighted by Gasteiger charge is -2.03. The molecule has 0 saturated carbocycles. The Morgan fingerprint density at radius 3 is 2.53 bits per heavy atom. The van der Waals surface area contributed by atoms with Gasteiger partial charge in [0.15, 0.2) is 0 Å². The molecule has 0 bridgehead atoms. The van der Waals surface area contributed by atoms with Crippen LogP contribution in [0.15, 0.2) is 36.5 Å². The van der Waals surface area contributed by atoms with Crippen molar-refractivity contribution in [2.45, 2.75) is 6.92 Å². The second kappa shape index (κ2) is 3.99. The highest BCUT2D eigenvalue weighted by Gasteiger charge is 2.05. The van der Waals surface area contributed by atoms with E-state index in [0.29, 0.717) is 10.7 Å². The van der Waals surface area contributed by atoms with Crippen LogP contribution in [0.5, 0.6) is 0 Å². The van der Waals surface area contributed by atoms with Gasteiger partial charge >= 0.3 is 0 Å². The zero-order valence-corrected chi connectivity index (χ0v) is 8.92. The number of hydrogen-bond acceptors (Lipinski definition) is 1. The Morgan fingerprint density at radius 1 is 1.20 bits per heavy atom. The minimum Gasteiger partial charge on any atom is -0.241 e. The van der Waals surface area contributed by atoms with Gasteiger partial charge in [-0.15, -0.1) is 0 Å². The van der Waals surface area contributed by atoms with E-state index in [2.05, 4.69) is 4.98 Å². The fourth-order valence-electron chi connectivity index (χ4n) is 1.37. The Labute approximate surface area is 92.5 Å². The molecule has 1 nitrogen and oxygen atoms in total. The molecule has 0 aliphatic carbocycles. The van der Waals surface area contributed by atoms with Crippen molar-refractivity contribution in [2.75, 3.05) is 0 Å². The van der Waals surface area contributed by atoms with Gasteiger partial charge in [0.1, 0.15) is 11.0 Å². The quantitative estimate of drug-likeness (QED) is 0.667. The molecule has 2 rings (SSSR count). The number of rotatable bonds is 1. The molecule has 0 unspecified atom stereocenters. The highest BCUT2D eigenvalue weighted by atomic mass is 35.5. The molecule has 0 aliphatic rings. The Kier molecular flexibility index (Phi) is 2.69. The maximum atomic E-state index is 13.4. The van der Waals surface area contributed by atoms with Crippen molar-refractivity contribution in [2.24, 2.45) is 0 Å². The summed E-state index contributed by atoms with van der Waals surface area (Å²) in [5, 5.41) is 0.298. The van der Waals surface area contributed by atoms with Crippen LogP contribution in [0.4, 0.5) is 4.39 Å². The lowest BCUT2D eigenvalue weighted by Crippen LogP contribution is -1.87. The first-order chi connectivity index (χ1) is 7.16. The summed E-state index contributed by atoms with van der Waals surface area (Å²) in [7, 11) is 0. The number of aryl methyl sites for hydroxylation is 1. The largest absolute Gasteiger partial charge is 0.241 e. The molecule has 76 valence electrons. The maximum Gasteiger partial charge on any atom is 0.149 e. The van der Waals surface area contributed by atoms with Gasteiger partial charge in [-0.1, -0.05) is 41.4 Å². The lowest BCUT2D eigenvalue weighted by molar-refractivity contribution is 0.625. The lowest BCUT2D eigenvalue weighted by atomic mass is 10.1. The molecule has 1 aromatic heterocycles. The van der Waals surface area contributed by atoms with Gasteiger partial charge in [-0.3, -0.25) is 0 Å². The molecule has 0 aliphatic heterocycles. The summed E-state index contributed by atoms with van der Waals surface area (Å²) in [5.41, 5.74) is 2.43. The second-order valence-electron chi connectivity index (χ2n) is 3.35. The van der Waals surface area contributed by atoms with E-state index >= 15 is 0 Å². The molecular formula is C12H9ClFN. The van der Waals surface area contributed by atoms with Crippen molar-refractivity contribution < 1.29 is 4.39 Å². The number of nitrogens with zero attached hydrogens (tertiary/aromatic N) is 1. The highest BCUT2D eigenvalue weighted by molar-refractivity contribution is 6.29. The van der Waals surface area contributed by atoms with Crippen LogP contribution in [0.25, 0.3) is 11.1 Å². The van der Waals surface area contributed by atoms with Gasteiger partial charge in [0, 0.05) is 5.56 Å². The molecule has 1 heterocycles. The predicted octanol–water partition coefficient (Wildman–Crippen LogP) is 3.85. The van der Waals surface area contributed by atoms with E-state index in [9.17, 15) is 4.39 Å². The molecule has 0 amide bonds. The molecular weight excluding hydrogens is 213 g/mol. The van der Waals surface area contributed by atoms with E-state index in [-0.39, 0.29) is 5.82 Å². The van der Waals surface area contributed by atoms with E-state index < -0.39 is 0 Å². The van der Waals surface area contributed by atoms with Gasteiger partial charge in [0.2, 0.25) is 0 Å². The number of aromatic nitrogens is 1. The second-order valence-corrected chi connectivity index (χ2v) is 3.74. The highest BCUT2D eigenvalue weighted by Crippen LogP contribution is 2.24. The van der Waals surface area contributed by atoms with Gasteiger partial charge in [0.25, 0.3) is 0 Å². The third-order valence-corrected chi connectivity index (χ3v) is 2.39. The first kappa shape index (κ1) is 10.1.